The second-order valence-electron chi connectivity index (χ2n) is 4.81. The Morgan fingerprint density at radius 2 is 1.61 bits per heavy atom. The Morgan fingerprint density at radius 3 is 2.22 bits per heavy atom. The number of urea groups is 1. The number of hydrogen-bond acceptors (Lipinski definition) is 4. The molecule has 6 nitrogen and oxygen atoms in total. The van der Waals surface area contributed by atoms with Crippen LogP contribution in [0.5, 0.6) is 5.75 Å². The summed E-state index contributed by atoms with van der Waals surface area (Å²) >= 11 is 0. The van der Waals surface area contributed by atoms with Gasteiger partial charge >= 0.3 is 6.03 Å². The van der Waals surface area contributed by atoms with E-state index >= 15 is 0 Å². The molecule has 0 saturated carbocycles. The van der Waals surface area contributed by atoms with Gasteiger partial charge in [0.15, 0.2) is 0 Å². The maximum atomic E-state index is 12.1. The maximum Gasteiger partial charge on any atom is 0.318 e. The molecule has 0 unspecified atom stereocenters. The molecule has 120 valence electrons. The van der Waals surface area contributed by atoms with Gasteiger partial charge in [-0.25, -0.2) is 4.79 Å². The van der Waals surface area contributed by atoms with Gasteiger partial charge in [-0.1, -0.05) is 48.5 Å². The van der Waals surface area contributed by atoms with E-state index in [4.69, 9.17) is 10.5 Å². The number of carbonyl (C=O) groups is 2. The molecule has 0 heterocycles. The van der Waals surface area contributed by atoms with Crippen LogP contribution in [0.1, 0.15) is 11.6 Å². The number of benzene rings is 2. The molecule has 2 aromatic carbocycles. The fourth-order valence-electron chi connectivity index (χ4n) is 2.09. The van der Waals surface area contributed by atoms with E-state index in [9.17, 15) is 9.59 Å². The fraction of sp³-hybridized carbons (Fsp3) is 0.176. The van der Waals surface area contributed by atoms with Gasteiger partial charge in [0, 0.05) is 6.54 Å². The lowest BCUT2D eigenvalue weighted by molar-refractivity contribution is -0.122. The number of rotatable bonds is 7. The van der Waals surface area contributed by atoms with E-state index in [0.29, 0.717) is 13.2 Å². The molecule has 4 N–H and O–H groups in total. The normalized spacial score (nSPS) is 11.5. The summed E-state index contributed by atoms with van der Waals surface area (Å²) in [6.45, 7) is 0.817. The van der Waals surface area contributed by atoms with E-state index in [1.54, 1.807) is 12.1 Å². The van der Waals surface area contributed by atoms with Crippen molar-refractivity contribution in [3.05, 3.63) is 66.2 Å². The van der Waals surface area contributed by atoms with Crippen molar-refractivity contribution in [2.75, 3.05) is 13.2 Å². The van der Waals surface area contributed by atoms with Gasteiger partial charge in [0.1, 0.15) is 18.4 Å². The zero-order valence-corrected chi connectivity index (χ0v) is 12.6. The van der Waals surface area contributed by atoms with Crippen molar-refractivity contribution in [1.29, 1.82) is 0 Å². The monoisotopic (exact) mass is 313 g/mol. The molecule has 0 aliphatic carbocycles. The maximum absolute atomic E-state index is 12.1. The summed E-state index contributed by atoms with van der Waals surface area (Å²) in [6, 6.07) is 16.9. The summed E-state index contributed by atoms with van der Waals surface area (Å²) in [5, 5.41) is 5.16. The number of nitrogens with one attached hydrogen (secondary N) is 2. The number of primary amides is 1. The molecule has 0 aliphatic rings. The van der Waals surface area contributed by atoms with Crippen LogP contribution in [-0.2, 0) is 4.79 Å². The molecule has 3 amide bonds. The predicted octanol–water partition coefficient (Wildman–Crippen LogP) is 1.59. The highest BCUT2D eigenvalue weighted by Crippen LogP contribution is 2.13. The molecule has 1 atom stereocenters. The first-order chi connectivity index (χ1) is 11.2. The summed E-state index contributed by atoms with van der Waals surface area (Å²) in [5.41, 5.74) is 5.76. The molecule has 0 radical (unpaired) electrons. The molecule has 0 aliphatic heterocycles. The van der Waals surface area contributed by atoms with Gasteiger partial charge in [0.05, 0.1) is 0 Å². The van der Waals surface area contributed by atoms with Crippen LogP contribution in [0, 0.1) is 0 Å². The Morgan fingerprint density at radius 1 is 1.00 bits per heavy atom. The third-order valence-corrected chi connectivity index (χ3v) is 3.10. The molecule has 0 fully saturated rings. The molecule has 0 aromatic heterocycles. The molecule has 6 heteroatoms. The van der Waals surface area contributed by atoms with Gasteiger partial charge in [0.2, 0.25) is 5.91 Å². The van der Waals surface area contributed by atoms with Crippen molar-refractivity contribution in [2.24, 2.45) is 5.73 Å². The lowest BCUT2D eigenvalue weighted by Crippen LogP contribution is -2.43. The summed E-state index contributed by atoms with van der Waals surface area (Å²) < 4.78 is 5.57. The molecule has 2 rings (SSSR count). The first kappa shape index (κ1) is 16.5. The summed E-state index contributed by atoms with van der Waals surface area (Å²) in [7, 11) is 0. The number of hydrogen-bond donors (Lipinski definition) is 3. The average Bonchev–Trinajstić information content (AvgIpc) is 2.56. The quantitative estimate of drug-likeness (QED) is 0.677. The van der Waals surface area contributed by atoms with Crippen LogP contribution in [0.3, 0.4) is 0 Å². The SMILES string of the molecule is NC(=O)NC(=O)[C@H](NCCOc1ccccc1)c1ccccc1. The summed E-state index contributed by atoms with van der Waals surface area (Å²) in [6.07, 6.45) is 0. The van der Waals surface area contributed by atoms with Gasteiger partial charge < -0.3 is 10.5 Å². The van der Waals surface area contributed by atoms with Crippen LogP contribution in [0.25, 0.3) is 0 Å². The van der Waals surface area contributed by atoms with Gasteiger partial charge in [-0.2, -0.15) is 0 Å². The fourth-order valence-corrected chi connectivity index (χ4v) is 2.09. The minimum absolute atomic E-state index is 0.386. The molecular weight excluding hydrogens is 294 g/mol. The van der Waals surface area contributed by atoms with Crippen molar-refractivity contribution in [1.82, 2.24) is 10.6 Å². The van der Waals surface area contributed by atoms with Crippen LogP contribution in [0.4, 0.5) is 4.79 Å². The van der Waals surface area contributed by atoms with E-state index in [1.165, 1.54) is 0 Å². The van der Waals surface area contributed by atoms with Gasteiger partial charge in [-0.05, 0) is 17.7 Å². The zero-order valence-electron chi connectivity index (χ0n) is 12.6. The number of amides is 3. The highest BCUT2D eigenvalue weighted by atomic mass is 16.5. The lowest BCUT2D eigenvalue weighted by atomic mass is 10.1. The van der Waals surface area contributed by atoms with Crippen molar-refractivity contribution in [3.8, 4) is 5.75 Å². The van der Waals surface area contributed by atoms with Crippen LogP contribution < -0.4 is 21.1 Å². The summed E-state index contributed by atoms with van der Waals surface area (Å²) in [4.78, 5) is 23.0. The van der Waals surface area contributed by atoms with E-state index in [-0.39, 0.29) is 0 Å². The van der Waals surface area contributed by atoms with Gasteiger partial charge in [0.25, 0.3) is 0 Å². The molecule has 0 saturated heterocycles. The smallest absolute Gasteiger partial charge is 0.318 e. The zero-order chi connectivity index (χ0) is 16.5. The van der Waals surface area contributed by atoms with Crippen LogP contribution in [0.15, 0.2) is 60.7 Å². The number of nitrogens with two attached hydrogens (primary N) is 1. The highest BCUT2D eigenvalue weighted by Gasteiger charge is 2.20. The first-order valence-electron chi connectivity index (χ1n) is 7.23. The van der Waals surface area contributed by atoms with Crippen LogP contribution >= 0.6 is 0 Å². The first-order valence-corrected chi connectivity index (χ1v) is 7.23. The Labute approximate surface area is 134 Å². The lowest BCUT2D eigenvalue weighted by Gasteiger charge is -2.18. The Kier molecular flexibility index (Phi) is 6.14. The van der Waals surface area contributed by atoms with E-state index in [0.717, 1.165) is 11.3 Å². The van der Waals surface area contributed by atoms with Gasteiger partial charge in [-0.3, -0.25) is 15.4 Å². The van der Waals surface area contributed by atoms with Crippen LogP contribution in [0.2, 0.25) is 0 Å². The van der Waals surface area contributed by atoms with Crippen molar-refractivity contribution in [3.63, 3.8) is 0 Å². The van der Waals surface area contributed by atoms with Crippen molar-refractivity contribution in [2.45, 2.75) is 6.04 Å². The Hall–Kier alpha value is -2.86. The molecular formula is C17H19N3O3. The van der Waals surface area contributed by atoms with Gasteiger partial charge in [-0.15, -0.1) is 0 Å². The third-order valence-electron chi connectivity index (χ3n) is 3.10. The standard InChI is InChI=1S/C17H19N3O3/c18-17(22)20-16(21)15(13-7-3-1-4-8-13)19-11-12-23-14-9-5-2-6-10-14/h1-10,15,19H,11-12H2,(H3,18,20,21,22)/t15-/m1/s1. The average molecular weight is 313 g/mol. The van der Waals surface area contributed by atoms with E-state index in [2.05, 4.69) is 10.6 Å². The topological polar surface area (TPSA) is 93.5 Å². The third kappa shape index (κ3) is 5.44. The molecule has 0 spiro atoms. The molecule has 0 bridgehead atoms. The minimum atomic E-state index is -0.877. The second-order valence-corrected chi connectivity index (χ2v) is 4.81. The number of para-hydroxylation sites is 1. The minimum Gasteiger partial charge on any atom is -0.492 e. The van der Waals surface area contributed by atoms with Crippen molar-refractivity contribution >= 4 is 11.9 Å². The molecule has 23 heavy (non-hydrogen) atoms. The number of imide groups is 1. The van der Waals surface area contributed by atoms with E-state index in [1.807, 2.05) is 48.5 Å². The molecule has 2 aromatic rings. The largest absolute Gasteiger partial charge is 0.492 e. The number of ether oxygens (including phenoxy) is 1. The predicted molar refractivity (Wildman–Crippen MR) is 86.8 cm³/mol. The highest BCUT2D eigenvalue weighted by molar-refractivity contribution is 5.96. The second kappa shape index (κ2) is 8.55. The summed E-state index contributed by atoms with van der Waals surface area (Å²) in [5.74, 6) is 0.260. The van der Waals surface area contributed by atoms with Crippen molar-refractivity contribution < 1.29 is 14.3 Å². The van der Waals surface area contributed by atoms with Crippen LogP contribution in [-0.4, -0.2) is 25.1 Å². The Balaban J connectivity index is 1.92. The number of carbonyl (C=O) groups excluding carboxylic acids is 2. The van der Waals surface area contributed by atoms with E-state index < -0.39 is 18.0 Å². The Bertz CT molecular complexity index is 632.